The first-order valence-electron chi connectivity index (χ1n) is 8.00. The average molecular weight is 354 g/mol. The van der Waals surface area contributed by atoms with E-state index in [1.165, 1.54) is 7.11 Å². The van der Waals surface area contributed by atoms with Crippen molar-refractivity contribution in [2.24, 2.45) is 0 Å². The van der Waals surface area contributed by atoms with Crippen LogP contribution in [-0.4, -0.2) is 62.7 Å². The highest BCUT2D eigenvalue weighted by atomic mass is 35.5. The van der Waals surface area contributed by atoms with Crippen LogP contribution in [0.2, 0.25) is 5.02 Å². The maximum Gasteiger partial charge on any atom is 0.246 e. The Labute approximate surface area is 147 Å². The van der Waals surface area contributed by atoms with E-state index in [0.717, 1.165) is 12.0 Å². The number of likely N-dealkylation sites (N-methyl/N-ethyl adjacent to an activating group) is 1. The number of halogens is 1. The summed E-state index contributed by atoms with van der Waals surface area (Å²) in [5.74, 6) is -0.166. The van der Waals surface area contributed by atoms with Gasteiger partial charge in [-0.1, -0.05) is 23.7 Å². The second kappa shape index (κ2) is 9.01. The lowest BCUT2D eigenvalue weighted by atomic mass is 10.1. The minimum absolute atomic E-state index is 0.0111. The second-order valence-corrected chi connectivity index (χ2v) is 6.50. The molecule has 0 saturated carbocycles. The molecule has 1 fully saturated rings. The molecule has 0 radical (unpaired) electrons. The van der Waals surface area contributed by atoms with Crippen molar-refractivity contribution in [2.75, 3.05) is 33.9 Å². The summed E-state index contributed by atoms with van der Waals surface area (Å²) in [6.45, 7) is 1.25. The molecule has 1 aromatic rings. The Morgan fingerprint density at radius 3 is 2.92 bits per heavy atom. The third-order valence-corrected chi connectivity index (χ3v) is 4.33. The van der Waals surface area contributed by atoms with Gasteiger partial charge in [0.2, 0.25) is 11.8 Å². The number of carbonyl (C=O) groups is 2. The largest absolute Gasteiger partial charge is 0.375 e. The Bertz CT molecular complexity index is 582. The van der Waals surface area contributed by atoms with Gasteiger partial charge in [-0.3, -0.25) is 14.5 Å². The van der Waals surface area contributed by atoms with Gasteiger partial charge in [0.15, 0.2) is 0 Å². The Hall–Kier alpha value is -1.63. The number of rotatable bonds is 7. The quantitative estimate of drug-likeness (QED) is 0.762. The van der Waals surface area contributed by atoms with Gasteiger partial charge >= 0.3 is 0 Å². The number of nitrogens with zero attached hydrogens (tertiary/aromatic N) is 1. The average Bonchev–Trinajstić information content (AvgIpc) is 2.88. The summed E-state index contributed by atoms with van der Waals surface area (Å²) in [6.07, 6.45) is 1.34. The van der Waals surface area contributed by atoms with E-state index in [-0.39, 0.29) is 30.5 Å². The highest BCUT2D eigenvalue weighted by Crippen LogP contribution is 2.16. The van der Waals surface area contributed by atoms with Gasteiger partial charge in [0.25, 0.3) is 0 Å². The lowest BCUT2D eigenvalue weighted by Crippen LogP contribution is -2.42. The fraction of sp³-hybridized carbons (Fsp3) is 0.529. The summed E-state index contributed by atoms with van der Waals surface area (Å²) in [5, 5.41) is 6.54. The molecular weight excluding hydrogens is 330 g/mol. The van der Waals surface area contributed by atoms with Crippen LogP contribution in [0.25, 0.3) is 0 Å². The molecule has 7 heteroatoms. The number of benzene rings is 1. The van der Waals surface area contributed by atoms with Gasteiger partial charge in [0.05, 0.1) is 6.04 Å². The van der Waals surface area contributed by atoms with E-state index in [2.05, 4.69) is 10.6 Å². The molecule has 1 saturated heterocycles. The van der Waals surface area contributed by atoms with Crippen molar-refractivity contribution in [1.29, 1.82) is 0 Å². The first-order chi connectivity index (χ1) is 11.5. The molecule has 24 heavy (non-hydrogen) atoms. The molecule has 0 aromatic heterocycles. The topological polar surface area (TPSA) is 70.7 Å². The SMILES string of the molecule is COCC(=O)N[C@H]1C[C@@H](C(=O)NCCc2cccc(Cl)c2)N(C)C1. The minimum atomic E-state index is -0.225. The summed E-state index contributed by atoms with van der Waals surface area (Å²) in [7, 11) is 3.38. The third kappa shape index (κ3) is 5.47. The smallest absolute Gasteiger partial charge is 0.246 e. The van der Waals surface area contributed by atoms with Crippen molar-refractivity contribution in [3.63, 3.8) is 0 Å². The van der Waals surface area contributed by atoms with Crippen LogP contribution in [0.4, 0.5) is 0 Å². The predicted molar refractivity (Wildman–Crippen MR) is 93.0 cm³/mol. The number of nitrogens with one attached hydrogen (secondary N) is 2. The van der Waals surface area contributed by atoms with Gasteiger partial charge in [-0.15, -0.1) is 0 Å². The van der Waals surface area contributed by atoms with Crippen LogP contribution in [0, 0.1) is 0 Å². The number of methoxy groups -OCH3 is 1. The Morgan fingerprint density at radius 2 is 2.21 bits per heavy atom. The number of carbonyl (C=O) groups excluding carboxylic acids is 2. The van der Waals surface area contributed by atoms with Crippen molar-refractivity contribution in [3.05, 3.63) is 34.9 Å². The van der Waals surface area contributed by atoms with Crippen LogP contribution in [0.1, 0.15) is 12.0 Å². The van der Waals surface area contributed by atoms with Gasteiger partial charge in [-0.25, -0.2) is 0 Å². The fourth-order valence-corrected chi connectivity index (χ4v) is 3.16. The maximum absolute atomic E-state index is 12.4. The van der Waals surface area contributed by atoms with Gasteiger partial charge < -0.3 is 15.4 Å². The normalized spacial score (nSPS) is 20.8. The molecule has 0 unspecified atom stereocenters. The number of ether oxygens (including phenoxy) is 1. The highest BCUT2D eigenvalue weighted by molar-refractivity contribution is 6.30. The first-order valence-corrected chi connectivity index (χ1v) is 8.38. The van der Waals surface area contributed by atoms with E-state index >= 15 is 0 Å². The lowest BCUT2D eigenvalue weighted by molar-refractivity contribution is -0.126. The Kier molecular flexibility index (Phi) is 7.02. The molecule has 1 heterocycles. The van der Waals surface area contributed by atoms with Crippen LogP contribution in [0.15, 0.2) is 24.3 Å². The van der Waals surface area contributed by atoms with Crippen LogP contribution >= 0.6 is 11.6 Å². The number of hydrogen-bond acceptors (Lipinski definition) is 4. The van der Waals surface area contributed by atoms with Crippen LogP contribution < -0.4 is 10.6 Å². The zero-order valence-corrected chi connectivity index (χ0v) is 14.8. The number of hydrogen-bond donors (Lipinski definition) is 2. The molecule has 6 nitrogen and oxygen atoms in total. The zero-order valence-electron chi connectivity index (χ0n) is 14.0. The van der Waals surface area contributed by atoms with Gasteiger partial charge in [0, 0.05) is 31.3 Å². The van der Waals surface area contributed by atoms with Gasteiger partial charge in [-0.05, 0) is 37.6 Å². The molecule has 1 aliphatic heterocycles. The molecule has 2 rings (SSSR count). The van der Waals surface area contributed by atoms with Gasteiger partial charge in [0.1, 0.15) is 6.61 Å². The van der Waals surface area contributed by atoms with E-state index in [0.29, 0.717) is 24.5 Å². The van der Waals surface area contributed by atoms with Gasteiger partial charge in [-0.2, -0.15) is 0 Å². The fourth-order valence-electron chi connectivity index (χ4n) is 2.95. The van der Waals surface area contributed by atoms with Crippen LogP contribution in [0.3, 0.4) is 0 Å². The highest BCUT2D eigenvalue weighted by Gasteiger charge is 2.34. The Morgan fingerprint density at radius 1 is 1.42 bits per heavy atom. The zero-order chi connectivity index (χ0) is 17.5. The molecule has 2 amide bonds. The molecule has 2 N–H and O–H groups in total. The summed E-state index contributed by atoms with van der Waals surface area (Å²) in [6, 6.07) is 7.36. The third-order valence-electron chi connectivity index (χ3n) is 4.09. The Balaban J connectivity index is 1.76. The molecule has 0 spiro atoms. The van der Waals surface area contributed by atoms with E-state index in [1.54, 1.807) is 0 Å². The molecule has 2 atom stereocenters. The van der Waals surface area contributed by atoms with Crippen LogP contribution in [-0.2, 0) is 20.7 Å². The maximum atomic E-state index is 12.4. The number of likely N-dealkylation sites (tertiary alicyclic amines) is 1. The molecule has 1 aromatic carbocycles. The second-order valence-electron chi connectivity index (χ2n) is 6.06. The van der Waals surface area contributed by atoms with E-state index < -0.39 is 0 Å². The van der Waals surface area contributed by atoms with E-state index in [9.17, 15) is 9.59 Å². The molecular formula is C17H24ClN3O3. The lowest BCUT2D eigenvalue weighted by Gasteiger charge is -2.18. The summed E-state index contributed by atoms with van der Waals surface area (Å²) < 4.78 is 4.80. The molecule has 132 valence electrons. The molecule has 1 aliphatic rings. The molecule has 0 aliphatic carbocycles. The first kappa shape index (κ1) is 18.7. The standard InChI is InChI=1S/C17H24ClN3O3/c1-21-10-14(20-16(22)11-24-2)9-15(21)17(23)19-7-6-12-4-3-5-13(18)8-12/h3-5,8,14-15H,6-7,9-11H2,1-2H3,(H,19,23)(H,20,22)/t14-,15-/m0/s1. The van der Waals surface area contributed by atoms with E-state index in [4.69, 9.17) is 16.3 Å². The minimum Gasteiger partial charge on any atom is -0.375 e. The summed E-state index contributed by atoms with van der Waals surface area (Å²) >= 11 is 5.95. The summed E-state index contributed by atoms with van der Waals surface area (Å²) in [4.78, 5) is 25.9. The van der Waals surface area contributed by atoms with E-state index in [1.807, 2.05) is 36.2 Å². The van der Waals surface area contributed by atoms with Crippen molar-refractivity contribution >= 4 is 23.4 Å². The monoisotopic (exact) mass is 353 g/mol. The van der Waals surface area contributed by atoms with Crippen molar-refractivity contribution < 1.29 is 14.3 Å². The van der Waals surface area contributed by atoms with Crippen molar-refractivity contribution in [1.82, 2.24) is 15.5 Å². The summed E-state index contributed by atoms with van der Waals surface area (Å²) in [5.41, 5.74) is 1.09. The van der Waals surface area contributed by atoms with Crippen molar-refractivity contribution in [2.45, 2.75) is 24.9 Å². The predicted octanol–water partition coefficient (Wildman–Crippen LogP) is 0.834. The van der Waals surface area contributed by atoms with Crippen LogP contribution in [0.5, 0.6) is 0 Å². The molecule has 0 bridgehead atoms. The number of amides is 2. The van der Waals surface area contributed by atoms with Crippen molar-refractivity contribution in [3.8, 4) is 0 Å².